The molecule has 0 saturated carbocycles. The number of alkyl halides is 2. The Hall–Kier alpha value is -2.16. The van der Waals surface area contributed by atoms with Crippen molar-refractivity contribution in [2.24, 2.45) is 0 Å². The molecule has 1 nitrogen and oxygen atoms in total. The lowest BCUT2D eigenvalue weighted by Crippen LogP contribution is -2.06. The Balaban J connectivity index is 2.19. The number of nitrogens with two attached hydrogens (primary N) is 1. The van der Waals surface area contributed by atoms with Crippen molar-refractivity contribution in [3.63, 3.8) is 0 Å². The smallest absolute Gasteiger partial charge is 0.270 e. The summed E-state index contributed by atoms with van der Waals surface area (Å²) in [6, 6.07) is 13.7. The summed E-state index contributed by atoms with van der Waals surface area (Å²) in [6.07, 6.45) is 3.72. The predicted molar refractivity (Wildman–Crippen MR) is 75.8 cm³/mol. The number of para-hydroxylation sites is 1. The van der Waals surface area contributed by atoms with Gasteiger partial charge in [0.25, 0.3) is 5.92 Å². The minimum atomic E-state index is -2.80. The fourth-order valence-electron chi connectivity index (χ4n) is 1.74. The molecule has 0 radical (unpaired) electrons. The molecule has 0 bridgehead atoms. The Morgan fingerprint density at radius 2 is 1.58 bits per heavy atom. The van der Waals surface area contributed by atoms with Crippen molar-refractivity contribution in [2.45, 2.75) is 12.8 Å². The number of hydrogen-bond acceptors (Lipinski definition) is 1. The van der Waals surface area contributed by atoms with Gasteiger partial charge in [-0.25, -0.2) is 8.78 Å². The highest BCUT2D eigenvalue weighted by atomic mass is 19.3. The van der Waals surface area contributed by atoms with Gasteiger partial charge in [0.1, 0.15) is 0 Å². The van der Waals surface area contributed by atoms with Crippen molar-refractivity contribution < 1.29 is 8.78 Å². The molecular formula is C16H15F2N. The van der Waals surface area contributed by atoms with Gasteiger partial charge in [-0.3, -0.25) is 0 Å². The van der Waals surface area contributed by atoms with E-state index in [1.807, 2.05) is 36.4 Å². The Bertz CT molecular complexity index is 580. The molecule has 0 aliphatic carbocycles. The number of anilines is 1. The quantitative estimate of drug-likeness (QED) is 0.635. The second kappa shape index (κ2) is 5.22. The molecule has 0 aliphatic heterocycles. The minimum absolute atomic E-state index is 0.0175. The van der Waals surface area contributed by atoms with E-state index in [0.29, 0.717) is 5.69 Å². The normalized spacial score (nSPS) is 11.9. The molecule has 19 heavy (non-hydrogen) atoms. The third-order valence-electron chi connectivity index (χ3n) is 2.87. The van der Waals surface area contributed by atoms with Crippen LogP contribution in [0.2, 0.25) is 0 Å². The van der Waals surface area contributed by atoms with Crippen LogP contribution in [0.3, 0.4) is 0 Å². The number of benzene rings is 2. The molecule has 2 rings (SSSR count). The first-order valence-corrected chi connectivity index (χ1v) is 5.98. The van der Waals surface area contributed by atoms with Crippen LogP contribution >= 0.6 is 0 Å². The Morgan fingerprint density at radius 1 is 0.947 bits per heavy atom. The number of nitrogen functional groups attached to an aromatic ring is 1. The van der Waals surface area contributed by atoms with E-state index >= 15 is 0 Å². The molecule has 0 fully saturated rings. The van der Waals surface area contributed by atoms with Crippen LogP contribution in [0, 0.1) is 0 Å². The summed E-state index contributed by atoms with van der Waals surface area (Å²) in [6.45, 7) is 0.891. The molecule has 2 aromatic carbocycles. The molecule has 0 saturated heterocycles. The van der Waals surface area contributed by atoms with Crippen molar-refractivity contribution in [3.8, 4) is 0 Å². The maximum atomic E-state index is 13.1. The summed E-state index contributed by atoms with van der Waals surface area (Å²) < 4.78 is 26.1. The molecule has 0 aromatic heterocycles. The van der Waals surface area contributed by atoms with Crippen molar-refractivity contribution in [3.05, 3.63) is 65.2 Å². The van der Waals surface area contributed by atoms with E-state index in [9.17, 15) is 8.78 Å². The third-order valence-corrected chi connectivity index (χ3v) is 2.87. The highest BCUT2D eigenvalue weighted by Crippen LogP contribution is 2.27. The maximum Gasteiger partial charge on any atom is 0.270 e. The van der Waals surface area contributed by atoms with Crippen molar-refractivity contribution in [1.29, 1.82) is 0 Å². The Kier molecular flexibility index (Phi) is 3.65. The van der Waals surface area contributed by atoms with Crippen LogP contribution in [0.15, 0.2) is 48.5 Å². The fourth-order valence-corrected chi connectivity index (χ4v) is 1.74. The fraction of sp³-hybridized carbons (Fsp3) is 0.125. The van der Waals surface area contributed by atoms with Gasteiger partial charge in [-0.1, -0.05) is 54.6 Å². The molecular weight excluding hydrogens is 244 g/mol. The van der Waals surface area contributed by atoms with Crippen LogP contribution in [-0.4, -0.2) is 0 Å². The van der Waals surface area contributed by atoms with E-state index in [0.717, 1.165) is 18.1 Å². The van der Waals surface area contributed by atoms with E-state index in [1.165, 1.54) is 12.1 Å². The van der Waals surface area contributed by atoms with Gasteiger partial charge >= 0.3 is 0 Å². The van der Waals surface area contributed by atoms with Crippen LogP contribution in [-0.2, 0) is 5.92 Å². The molecule has 0 heterocycles. The lowest BCUT2D eigenvalue weighted by atomic mass is 10.1. The van der Waals surface area contributed by atoms with E-state index < -0.39 is 5.92 Å². The molecule has 0 unspecified atom stereocenters. The van der Waals surface area contributed by atoms with E-state index in [1.54, 1.807) is 12.1 Å². The van der Waals surface area contributed by atoms with Gasteiger partial charge in [0.2, 0.25) is 0 Å². The Morgan fingerprint density at radius 3 is 2.16 bits per heavy atom. The van der Waals surface area contributed by atoms with Crippen LogP contribution in [0.5, 0.6) is 0 Å². The first-order chi connectivity index (χ1) is 8.97. The van der Waals surface area contributed by atoms with Crippen LogP contribution in [0.25, 0.3) is 12.2 Å². The zero-order valence-corrected chi connectivity index (χ0v) is 10.6. The SMILES string of the molecule is CC(F)(F)c1ccc(C=Cc2ccccc2N)cc1. The molecule has 98 valence electrons. The molecule has 0 spiro atoms. The van der Waals surface area contributed by atoms with Gasteiger partial charge in [0.05, 0.1) is 0 Å². The van der Waals surface area contributed by atoms with E-state index in [2.05, 4.69) is 0 Å². The highest BCUT2D eigenvalue weighted by Gasteiger charge is 2.23. The number of rotatable bonds is 3. The van der Waals surface area contributed by atoms with Gasteiger partial charge in [-0.2, -0.15) is 0 Å². The van der Waals surface area contributed by atoms with Gasteiger partial charge in [-0.05, 0) is 17.2 Å². The van der Waals surface area contributed by atoms with Crippen LogP contribution in [0.1, 0.15) is 23.6 Å². The summed E-state index contributed by atoms with van der Waals surface area (Å²) in [5, 5.41) is 0. The summed E-state index contributed by atoms with van der Waals surface area (Å²) in [4.78, 5) is 0. The zero-order chi connectivity index (χ0) is 13.9. The van der Waals surface area contributed by atoms with Gasteiger partial charge in [0, 0.05) is 18.2 Å². The summed E-state index contributed by atoms with van der Waals surface area (Å²) in [5.41, 5.74) is 8.29. The largest absolute Gasteiger partial charge is 0.398 e. The van der Waals surface area contributed by atoms with Crippen molar-refractivity contribution in [1.82, 2.24) is 0 Å². The monoisotopic (exact) mass is 259 g/mol. The summed E-state index contributed by atoms with van der Waals surface area (Å²) in [7, 11) is 0. The molecule has 0 atom stereocenters. The first kappa shape index (κ1) is 13.3. The van der Waals surface area contributed by atoms with Crippen LogP contribution < -0.4 is 5.73 Å². The van der Waals surface area contributed by atoms with Gasteiger partial charge in [-0.15, -0.1) is 0 Å². The lowest BCUT2D eigenvalue weighted by Gasteiger charge is -2.10. The molecule has 0 aliphatic rings. The van der Waals surface area contributed by atoms with Crippen molar-refractivity contribution >= 4 is 17.8 Å². The number of halogens is 2. The second-order valence-corrected chi connectivity index (χ2v) is 4.47. The van der Waals surface area contributed by atoms with Gasteiger partial charge in [0.15, 0.2) is 0 Å². The predicted octanol–water partition coefficient (Wildman–Crippen LogP) is 4.55. The molecule has 0 amide bonds. The van der Waals surface area contributed by atoms with E-state index in [-0.39, 0.29) is 5.56 Å². The standard InChI is InChI=1S/C16H15F2N/c1-16(17,18)14-10-7-12(8-11-14)6-9-13-4-2-3-5-15(13)19/h2-11H,19H2,1H3. The topological polar surface area (TPSA) is 26.0 Å². The lowest BCUT2D eigenvalue weighted by molar-refractivity contribution is 0.0175. The van der Waals surface area contributed by atoms with E-state index in [4.69, 9.17) is 5.73 Å². The van der Waals surface area contributed by atoms with Crippen molar-refractivity contribution in [2.75, 3.05) is 5.73 Å². The molecule has 2 N–H and O–H groups in total. The number of hydrogen-bond donors (Lipinski definition) is 1. The minimum Gasteiger partial charge on any atom is -0.398 e. The molecule has 2 aromatic rings. The second-order valence-electron chi connectivity index (χ2n) is 4.47. The third kappa shape index (κ3) is 3.41. The van der Waals surface area contributed by atoms with Crippen LogP contribution in [0.4, 0.5) is 14.5 Å². The highest BCUT2D eigenvalue weighted by molar-refractivity contribution is 5.75. The zero-order valence-electron chi connectivity index (χ0n) is 10.6. The Labute approximate surface area is 111 Å². The first-order valence-electron chi connectivity index (χ1n) is 5.98. The van der Waals surface area contributed by atoms with Gasteiger partial charge < -0.3 is 5.73 Å². The summed E-state index contributed by atoms with van der Waals surface area (Å²) >= 11 is 0. The maximum absolute atomic E-state index is 13.1. The average Bonchev–Trinajstić information content (AvgIpc) is 2.37. The molecule has 3 heteroatoms. The summed E-state index contributed by atoms with van der Waals surface area (Å²) in [5.74, 6) is -2.80. The average molecular weight is 259 g/mol.